The Balaban J connectivity index is 1.51. The molecule has 0 saturated heterocycles. The quantitative estimate of drug-likeness (QED) is 0.764. The van der Waals surface area contributed by atoms with Gasteiger partial charge in [-0.1, -0.05) is 6.07 Å². The maximum atomic E-state index is 12.4. The van der Waals surface area contributed by atoms with Crippen molar-refractivity contribution in [2.75, 3.05) is 0 Å². The number of imidazole rings is 1. The fraction of sp³-hybridized carbons (Fsp3) is 0.333. The molecule has 3 aromatic heterocycles. The highest BCUT2D eigenvalue weighted by Crippen LogP contribution is 2.15. The number of fused-ring (bicyclic) bond motifs is 2. The highest BCUT2D eigenvalue weighted by atomic mass is 16.2. The number of rotatable bonds is 2. The molecule has 3 aromatic rings. The van der Waals surface area contributed by atoms with Gasteiger partial charge in [0, 0.05) is 31.4 Å². The zero-order valence-electron chi connectivity index (χ0n) is 12.2. The van der Waals surface area contributed by atoms with Crippen LogP contribution in [0.4, 0.5) is 0 Å². The normalized spacial score (nSPS) is 17.4. The Labute approximate surface area is 127 Å². The molecule has 0 radical (unpaired) electrons. The van der Waals surface area contributed by atoms with Crippen LogP contribution >= 0.6 is 0 Å². The molecular weight excluding hydrogens is 280 g/mol. The largest absolute Gasteiger partial charge is 0.346 e. The van der Waals surface area contributed by atoms with E-state index in [9.17, 15) is 4.79 Å². The van der Waals surface area contributed by atoms with Gasteiger partial charge in [0.2, 0.25) is 0 Å². The molecular formula is C15H16N6O. The Kier molecular flexibility index (Phi) is 2.92. The molecule has 1 unspecified atom stereocenters. The lowest BCUT2D eigenvalue weighted by atomic mass is 10.1. The minimum Gasteiger partial charge on any atom is -0.346 e. The number of hydrogen-bond donors (Lipinski definition) is 1. The molecule has 7 nitrogen and oxygen atoms in total. The monoisotopic (exact) mass is 296 g/mol. The minimum atomic E-state index is -0.136. The third-order valence-electron chi connectivity index (χ3n) is 4.06. The summed E-state index contributed by atoms with van der Waals surface area (Å²) in [5.41, 5.74) is 1.21. The summed E-state index contributed by atoms with van der Waals surface area (Å²) in [6, 6.07) is 5.78. The van der Waals surface area contributed by atoms with Crippen LogP contribution in [0.1, 0.15) is 28.6 Å². The number of aromatic nitrogens is 5. The lowest BCUT2D eigenvalue weighted by Gasteiger charge is -2.24. The van der Waals surface area contributed by atoms with Crippen LogP contribution in [0.15, 0.2) is 30.6 Å². The van der Waals surface area contributed by atoms with Gasteiger partial charge in [-0.2, -0.15) is 0 Å². The molecule has 0 bridgehead atoms. The van der Waals surface area contributed by atoms with E-state index in [0.29, 0.717) is 12.2 Å². The molecule has 4 heterocycles. The standard InChI is InChI=1S/C15H16N6O/c1-10-18-19-14-6-5-11(8-21(10)14)16-15(22)12-9-20-7-3-2-4-13(20)17-12/h2-4,7,9,11H,5-6,8H2,1H3,(H,16,22). The van der Waals surface area contributed by atoms with Crippen LogP contribution in [0.2, 0.25) is 0 Å². The third kappa shape index (κ3) is 2.14. The second kappa shape index (κ2) is 4.94. The SMILES string of the molecule is Cc1nnc2n1CC(NC(=O)c1cn3ccccc3n1)CC2. The van der Waals surface area contributed by atoms with E-state index in [1.165, 1.54) is 0 Å². The number of carbonyl (C=O) groups excluding carboxylic acids is 1. The molecule has 0 aliphatic carbocycles. The number of amides is 1. The topological polar surface area (TPSA) is 77.1 Å². The molecule has 0 fully saturated rings. The number of nitrogens with zero attached hydrogens (tertiary/aromatic N) is 5. The van der Waals surface area contributed by atoms with Gasteiger partial charge >= 0.3 is 0 Å². The maximum absolute atomic E-state index is 12.4. The number of hydrogen-bond acceptors (Lipinski definition) is 4. The van der Waals surface area contributed by atoms with E-state index in [-0.39, 0.29) is 11.9 Å². The predicted molar refractivity (Wildman–Crippen MR) is 79.5 cm³/mol. The number of carbonyl (C=O) groups is 1. The van der Waals surface area contributed by atoms with Crippen molar-refractivity contribution < 1.29 is 4.79 Å². The predicted octanol–water partition coefficient (Wildman–Crippen LogP) is 0.979. The zero-order chi connectivity index (χ0) is 15.1. The van der Waals surface area contributed by atoms with Gasteiger partial charge in [-0.3, -0.25) is 4.79 Å². The summed E-state index contributed by atoms with van der Waals surface area (Å²) in [6.07, 6.45) is 5.34. The van der Waals surface area contributed by atoms with Crippen molar-refractivity contribution in [3.63, 3.8) is 0 Å². The summed E-state index contributed by atoms with van der Waals surface area (Å²) in [5, 5.41) is 11.3. The summed E-state index contributed by atoms with van der Waals surface area (Å²) in [5.74, 6) is 1.75. The van der Waals surface area contributed by atoms with E-state index in [1.54, 1.807) is 6.20 Å². The van der Waals surface area contributed by atoms with Gasteiger partial charge in [-0.05, 0) is 25.5 Å². The van der Waals surface area contributed by atoms with Crippen molar-refractivity contribution in [3.8, 4) is 0 Å². The van der Waals surface area contributed by atoms with Crippen LogP contribution in [0.25, 0.3) is 5.65 Å². The summed E-state index contributed by atoms with van der Waals surface area (Å²) >= 11 is 0. The molecule has 0 aromatic carbocycles. The second-order valence-electron chi connectivity index (χ2n) is 5.58. The van der Waals surface area contributed by atoms with E-state index in [2.05, 4.69) is 25.1 Å². The Morgan fingerprint density at radius 2 is 2.27 bits per heavy atom. The molecule has 1 N–H and O–H groups in total. The molecule has 0 spiro atoms. The van der Waals surface area contributed by atoms with E-state index in [4.69, 9.17) is 0 Å². The van der Waals surface area contributed by atoms with Gasteiger partial charge in [0.15, 0.2) is 0 Å². The summed E-state index contributed by atoms with van der Waals surface area (Å²) in [6.45, 7) is 2.65. The van der Waals surface area contributed by atoms with Crippen LogP contribution in [0.3, 0.4) is 0 Å². The fourth-order valence-corrected chi connectivity index (χ4v) is 2.88. The zero-order valence-corrected chi connectivity index (χ0v) is 12.2. The van der Waals surface area contributed by atoms with Crippen molar-refractivity contribution in [2.45, 2.75) is 32.4 Å². The van der Waals surface area contributed by atoms with Crippen molar-refractivity contribution in [2.24, 2.45) is 0 Å². The van der Waals surface area contributed by atoms with Crippen LogP contribution in [-0.4, -0.2) is 36.1 Å². The molecule has 4 rings (SSSR count). The lowest BCUT2D eigenvalue weighted by Crippen LogP contribution is -2.41. The van der Waals surface area contributed by atoms with E-state index in [1.807, 2.05) is 35.7 Å². The highest BCUT2D eigenvalue weighted by Gasteiger charge is 2.23. The first kappa shape index (κ1) is 13.0. The van der Waals surface area contributed by atoms with Crippen molar-refractivity contribution in [1.82, 2.24) is 29.5 Å². The second-order valence-corrected chi connectivity index (χ2v) is 5.58. The van der Waals surface area contributed by atoms with Gasteiger partial charge in [0.05, 0.1) is 0 Å². The average Bonchev–Trinajstić information content (AvgIpc) is 3.11. The van der Waals surface area contributed by atoms with Gasteiger partial charge in [-0.15, -0.1) is 10.2 Å². The van der Waals surface area contributed by atoms with Gasteiger partial charge in [-0.25, -0.2) is 4.98 Å². The Morgan fingerprint density at radius 3 is 3.14 bits per heavy atom. The number of pyridine rings is 1. The van der Waals surface area contributed by atoms with Crippen LogP contribution in [0.5, 0.6) is 0 Å². The number of aryl methyl sites for hydroxylation is 2. The summed E-state index contributed by atoms with van der Waals surface area (Å²) < 4.78 is 3.91. The summed E-state index contributed by atoms with van der Waals surface area (Å²) in [4.78, 5) is 16.7. The summed E-state index contributed by atoms with van der Waals surface area (Å²) in [7, 11) is 0. The Hall–Kier alpha value is -2.70. The van der Waals surface area contributed by atoms with Crippen molar-refractivity contribution in [1.29, 1.82) is 0 Å². The molecule has 7 heteroatoms. The first-order valence-corrected chi connectivity index (χ1v) is 7.34. The van der Waals surface area contributed by atoms with Crippen LogP contribution in [-0.2, 0) is 13.0 Å². The third-order valence-corrected chi connectivity index (χ3v) is 4.06. The molecule has 1 atom stereocenters. The first-order valence-electron chi connectivity index (χ1n) is 7.34. The molecule has 112 valence electrons. The lowest BCUT2D eigenvalue weighted by molar-refractivity contribution is 0.0923. The van der Waals surface area contributed by atoms with Crippen LogP contribution in [0, 0.1) is 6.92 Å². The Bertz CT molecular complexity index is 816. The molecule has 1 aliphatic rings. The van der Waals surface area contributed by atoms with Crippen molar-refractivity contribution >= 4 is 11.6 Å². The van der Waals surface area contributed by atoms with Gasteiger partial charge in [0.1, 0.15) is 23.0 Å². The first-order chi connectivity index (χ1) is 10.7. The van der Waals surface area contributed by atoms with Crippen LogP contribution < -0.4 is 5.32 Å². The Morgan fingerprint density at radius 1 is 1.36 bits per heavy atom. The molecule has 1 aliphatic heterocycles. The highest BCUT2D eigenvalue weighted by molar-refractivity contribution is 5.93. The van der Waals surface area contributed by atoms with Crippen molar-refractivity contribution in [3.05, 3.63) is 47.9 Å². The van der Waals surface area contributed by atoms with E-state index >= 15 is 0 Å². The smallest absolute Gasteiger partial charge is 0.271 e. The van der Waals surface area contributed by atoms with Gasteiger partial charge in [0.25, 0.3) is 5.91 Å². The molecule has 0 saturated carbocycles. The molecule has 22 heavy (non-hydrogen) atoms. The molecule has 1 amide bonds. The van der Waals surface area contributed by atoms with E-state index in [0.717, 1.165) is 30.1 Å². The minimum absolute atomic E-state index is 0.0829. The fourth-order valence-electron chi connectivity index (χ4n) is 2.88. The maximum Gasteiger partial charge on any atom is 0.271 e. The van der Waals surface area contributed by atoms with E-state index < -0.39 is 0 Å². The average molecular weight is 296 g/mol. The van der Waals surface area contributed by atoms with Gasteiger partial charge < -0.3 is 14.3 Å². The number of nitrogens with one attached hydrogen (secondary N) is 1.